The van der Waals surface area contributed by atoms with Gasteiger partial charge in [0.15, 0.2) is 0 Å². The van der Waals surface area contributed by atoms with Crippen LogP contribution in [0.2, 0.25) is 0 Å². The first-order valence-corrected chi connectivity index (χ1v) is 9.20. The Morgan fingerprint density at radius 1 is 1.12 bits per heavy atom. The van der Waals surface area contributed by atoms with Crippen molar-refractivity contribution >= 4 is 5.91 Å². The van der Waals surface area contributed by atoms with Crippen LogP contribution in [0.3, 0.4) is 0 Å². The Morgan fingerprint density at radius 2 is 1.88 bits per heavy atom. The fourth-order valence-corrected chi connectivity index (χ4v) is 3.56. The number of amides is 1. The Kier molecular flexibility index (Phi) is 6.08. The van der Waals surface area contributed by atoms with E-state index in [2.05, 4.69) is 11.4 Å². The quantitative estimate of drug-likeness (QED) is 0.827. The van der Waals surface area contributed by atoms with Crippen molar-refractivity contribution in [3.05, 3.63) is 60.1 Å². The zero-order chi connectivity index (χ0) is 18.2. The van der Waals surface area contributed by atoms with E-state index >= 15 is 0 Å². The van der Waals surface area contributed by atoms with Gasteiger partial charge in [0, 0.05) is 6.54 Å². The number of furan rings is 1. The number of hydrogen-bond acceptors (Lipinski definition) is 4. The van der Waals surface area contributed by atoms with Crippen LogP contribution in [0.15, 0.2) is 53.1 Å². The molecule has 1 heterocycles. The van der Waals surface area contributed by atoms with E-state index in [4.69, 9.17) is 4.42 Å². The third-order valence-corrected chi connectivity index (χ3v) is 4.88. The molecule has 1 aliphatic rings. The van der Waals surface area contributed by atoms with E-state index in [9.17, 15) is 10.1 Å². The van der Waals surface area contributed by atoms with Crippen LogP contribution in [0.4, 0.5) is 0 Å². The third-order valence-electron chi connectivity index (χ3n) is 4.88. The second kappa shape index (κ2) is 8.68. The van der Waals surface area contributed by atoms with Gasteiger partial charge in [0.25, 0.3) is 0 Å². The molecule has 0 atom stereocenters. The Labute approximate surface area is 154 Å². The molecule has 1 N–H and O–H groups in total. The van der Waals surface area contributed by atoms with E-state index < -0.39 is 5.54 Å². The van der Waals surface area contributed by atoms with E-state index in [0.29, 0.717) is 13.1 Å². The lowest BCUT2D eigenvalue weighted by molar-refractivity contribution is -0.124. The number of carbonyl (C=O) groups is 1. The van der Waals surface area contributed by atoms with Gasteiger partial charge in [0.05, 0.1) is 25.4 Å². The summed E-state index contributed by atoms with van der Waals surface area (Å²) in [5.74, 6) is 0.720. The van der Waals surface area contributed by atoms with Gasteiger partial charge < -0.3 is 9.73 Å². The number of carbonyl (C=O) groups excluding carboxylic acids is 1. The highest BCUT2D eigenvalue weighted by Gasteiger charge is 2.33. The number of benzene rings is 1. The molecule has 1 aromatic heterocycles. The lowest BCUT2D eigenvalue weighted by Gasteiger charge is -2.32. The minimum absolute atomic E-state index is 0.101. The first-order chi connectivity index (χ1) is 12.7. The van der Waals surface area contributed by atoms with Crippen LogP contribution in [0.5, 0.6) is 0 Å². The molecule has 26 heavy (non-hydrogen) atoms. The Bertz CT molecular complexity index is 728. The van der Waals surface area contributed by atoms with Crippen molar-refractivity contribution in [3.63, 3.8) is 0 Å². The summed E-state index contributed by atoms with van der Waals surface area (Å²) in [6.45, 7) is 1.43. The van der Waals surface area contributed by atoms with Gasteiger partial charge in [-0.1, -0.05) is 49.6 Å². The maximum Gasteiger partial charge on any atom is 0.235 e. The minimum atomic E-state index is -0.696. The molecule has 2 aromatic rings. The topological polar surface area (TPSA) is 69.3 Å². The molecule has 0 bridgehead atoms. The highest BCUT2D eigenvalue weighted by molar-refractivity contribution is 5.79. The second-order valence-electron chi connectivity index (χ2n) is 7.01. The highest BCUT2D eigenvalue weighted by Crippen LogP contribution is 2.27. The second-order valence-corrected chi connectivity index (χ2v) is 7.01. The van der Waals surface area contributed by atoms with Crippen molar-refractivity contribution in [3.8, 4) is 6.07 Å². The molecule has 0 spiro atoms. The summed E-state index contributed by atoms with van der Waals surface area (Å²) < 4.78 is 5.45. The smallest absolute Gasteiger partial charge is 0.235 e. The van der Waals surface area contributed by atoms with Gasteiger partial charge in [-0.2, -0.15) is 5.26 Å². The molecule has 5 nitrogen and oxygen atoms in total. The van der Waals surface area contributed by atoms with Crippen molar-refractivity contribution in [2.75, 3.05) is 6.54 Å². The lowest BCUT2D eigenvalue weighted by atomic mass is 9.83. The average molecular weight is 351 g/mol. The third kappa shape index (κ3) is 4.96. The van der Waals surface area contributed by atoms with Crippen molar-refractivity contribution in [1.29, 1.82) is 5.26 Å². The van der Waals surface area contributed by atoms with Gasteiger partial charge >= 0.3 is 0 Å². The van der Waals surface area contributed by atoms with Crippen LogP contribution in [-0.2, 0) is 17.9 Å². The Morgan fingerprint density at radius 3 is 2.54 bits per heavy atom. The Balaban J connectivity index is 1.66. The van der Waals surface area contributed by atoms with Gasteiger partial charge in [0.1, 0.15) is 11.3 Å². The van der Waals surface area contributed by atoms with Gasteiger partial charge in [0.2, 0.25) is 5.91 Å². The summed E-state index contributed by atoms with van der Waals surface area (Å²) in [6.07, 6.45) is 6.25. The zero-order valence-corrected chi connectivity index (χ0v) is 15.0. The van der Waals surface area contributed by atoms with Crippen LogP contribution < -0.4 is 5.32 Å². The highest BCUT2D eigenvalue weighted by atomic mass is 16.3. The normalized spacial score (nSPS) is 16.2. The van der Waals surface area contributed by atoms with E-state index in [1.54, 1.807) is 6.26 Å². The fourth-order valence-electron chi connectivity index (χ4n) is 3.56. The molecule has 3 rings (SSSR count). The molecular weight excluding hydrogens is 326 g/mol. The molecule has 0 radical (unpaired) electrons. The van der Waals surface area contributed by atoms with Crippen molar-refractivity contribution < 1.29 is 9.21 Å². The van der Waals surface area contributed by atoms with Crippen molar-refractivity contribution in [1.82, 2.24) is 10.2 Å². The Hall–Kier alpha value is -2.58. The average Bonchev–Trinajstić information content (AvgIpc) is 3.16. The predicted molar refractivity (Wildman–Crippen MR) is 98.8 cm³/mol. The first-order valence-electron chi connectivity index (χ1n) is 9.20. The largest absolute Gasteiger partial charge is 0.468 e. The maximum absolute atomic E-state index is 12.7. The number of hydrogen-bond donors (Lipinski definition) is 1. The van der Waals surface area contributed by atoms with E-state index in [1.807, 2.05) is 47.4 Å². The maximum atomic E-state index is 12.7. The van der Waals surface area contributed by atoms with Gasteiger partial charge in [-0.15, -0.1) is 0 Å². The molecule has 0 aliphatic heterocycles. The molecular formula is C21H25N3O2. The van der Waals surface area contributed by atoms with E-state index in [-0.39, 0.29) is 12.5 Å². The van der Waals surface area contributed by atoms with E-state index in [1.165, 1.54) is 0 Å². The van der Waals surface area contributed by atoms with Crippen LogP contribution in [-0.4, -0.2) is 22.9 Å². The summed E-state index contributed by atoms with van der Waals surface area (Å²) in [6, 6.07) is 16.2. The SMILES string of the molecule is N#CC1(NC(=O)CN(Cc2ccccc2)Cc2ccco2)CCCCC1. The molecule has 0 unspecified atom stereocenters. The van der Waals surface area contributed by atoms with Crippen LogP contribution in [0, 0.1) is 11.3 Å². The standard InChI is InChI=1S/C21H25N3O2/c22-17-21(11-5-2-6-12-21)23-20(25)16-24(15-19-10-7-13-26-19)14-18-8-3-1-4-9-18/h1,3-4,7-10,13H,2,5-6,11-12,14-16H2,(H,23,25). The molecule has 1 aromatic carbocycles. The molecule has 1 saturated carbocycles. The number of nitrogens with zero attached hydrogens (tertiary/aromatic N) is 2. The van der Waals surface area contributed by atoms with E-state index in [0.717, 1.165) is 43.4 Å². The molecule has 5 heteroatoms. The van der Waals surface area contributed by atoms with Crippen LogP contribution in [0.25, 0.3) is 0 Å². The summed E-state index contributed by atoms with van der Waals surface area (Å²) in [4.78, 5) is 14.7. The summed E-state index contributed by atoms with van der Waals surface area (Å²) >= 11 is 0. The summed E-state index contributed by atoms with van der Waals surface area (Å²) in [5, 5.41) is 12.6. The predicted octanol–water partition coefficient (Wildman–Crippen LogP) is 3.62. The molecule has 0 saturated heterocycles. The monoisotopic (exact) mass is 351 g/mol. The number of rotatable bonds is 7. The van der Waals surface area contributed by atoms with Crippen LogP contribution >= 0.6 is 0 Å². The van der Waals surface area contributed by atoms with Gasteiger partial charge in [-0.25, -0.2) is 0 Å². The summed E-state index contributed by atoms with van der Waals surface area (Å²) in [5.41, 5.74) is 0.442. The minimum Gasteiger partial charge on any atom is -0.468 e. The molecule has 1 amide bonds. The zero-order valence-electron chi connectivity index (χ0n) is 15.0. The van der Waals surface area contributed by atoms with Gasteiger partial charge in [-0.05, 0) is 30.5 Å². The molecule has 1 aliphatic carbocycles. The number of nitrogens with one attached hydrogen (secondary N) is 1. The van der Waals surface area contributed by atoms with Gasteiger partial charge in [-0.3, -0.25) is 9.69 Å². The van der Waals surface area contributed by atoms with Crippen LogP contribution in [0.1, 0.15) is 43.4 Å². The van der Waals surface area contributed by atoms with Crippen molar-refractivity contribution in [2.24, 2.45) is 0 Å². The number of nitriles is 1. The molecule has 1 fully saturated rings. The lowest BCUT2D eigenvalue weighted by Crippen LogP contribution is -2.51. The summed E-state index contributed by atoms with van der Waals surface area (Å²) in [7, 11) is 0. The first kappa shape index (κ1) is 18.2. The fraction of sp³-hybridized carbons (Fsp3) is 0.429. The van der Waals surface area contributed by atoms with Crippen molar-refractivity contribution in [2.45, 2.75) is 50.7 Å². The molecule has 136 valence electrons.